The van der Waals surface area contributed by atoms with E-state index < -0.39 is 10.0 Å². The Hall–Kier alpha value is -1.07. The molecular weight excluding hydrogens is 272 g/mol. The summed E-state index contributed by atoms with van der Waals surface area (Å²) in [6.45, 7) is 3.53. The Morgan fingerprint density at radius 1 is 1.05 bits per heavy atom. The van der Waals surface area contributed by atoms with E-state index in [1.807, 2.05) is 24.3 Å². The summed E-state index contributed by atoms with van der Waals surface area (Å²) in [6, 6.07) is 7.67. The highest BCUT2D eigenvalue weighted by Crippen LogP contribution is 2.13. The molecule has 5 heteroatoms. The van der Waals surface area contributed by atoms with Gasteiger partial charge in [0.05, 0.1) is 6.26 Å². The van der Waals surface area contributed by atoms with Gasteiger partial charge >= 0.3 is 0 Å². The molecule has 1 aliphatic heterocycles. The van der Waals surface area contributed by atoms with E-state index in [4.69, 9.17) is 0 Å². The number of hydrogen-bond acceptors (Lipinski definition) is 3. The standard InChI is InChI=1S/C15H24N2O2S/c1-20(18,19)16-15-8-6-14(7-9-15)10-13-17-11-4-2-3-5-12-17/h6-9,16H,2-5,10-13H2,1H3. The Balaban J connectivity index is 1.84. The summed E-state index contributed by atoms with van der Waals surface area (Å²) in [7, 11) is -3.18. The monoisotopic (exact) mass is 296 g/mol. The number of nitrogens with zero attached hydrogens (tertiary/aromatic N) is 1. The van der Waals surface area contributed by atoms with Crippen LogP contribution in [0.2, 0.25) is 0 Å². The molecule has 2 rings (SSSR count). The minimum absolute atomic E-state index is 0.631. The molecule has 0 atom stereocenters. The summed E-state index contributed by atoms with van der Waals surface area (Å²) in [5.74, 6) is 0. The maximum absolute atomic E-state index is 11.1. The van der Waals surface area contributed by atoms with E-state index in [1.165, 1.54) is 50.6 Å². The Labute approximate surface area is 122 Å². The fourth-order valence-corrected chi connectivity index (χ4v) is 3.16. The fraction of sp³-hybridized carbons (Fsp3) is 0.600. The van der Waals surface area contributed by atoms with Gasteiger partial charge in [0.2, 0.25) is 10.0 Å². The van der Waals surface area contributed by atoms with E-state index >= 15 is 0 Å². The second-order valence-corrected chi connectivity index (χ2v) is 7.33. The lowest BCUT2D eigenvalue weighted by Crippen LogP contribution is -2.26. The SMILES string of the molecule is CS(=O)(=O)Nc1ccc(CCN2CCCCCC2)cc1. The van der Waals surface area contributed by atoms with Crippen LogP contribution in [0.5, 0.6) is 0 Å². The van der Waals surface area contributed by atoms with Crippen LogP contribution in [0.4, 0.5) is 5.69 Å². The summed E-state index contributed by atoms with van der Waals surface area (Å²) in [5.41, 5.74) is 1.89. The third-order valence-electron chi connectivity index (χ3n) is 3.67. The smallest absolute Gasteiger partial charge is 0.229 e. The minimum atomic E-state index is -3.18. The number of likely N-dealkylation sites (tertiary alicyclic amines) is 1. The van der Waals surface area contributed by atoms with Crippen LogP contribution in [-0.2, 0) is 16.4 Å². The highest BCUT2D eigenvalue weighted by molar-refractivity contribution is 7.92. The first kappa shape index (κ1) is 15.3. The molecule has 1 N–H and O–H groups in total. The van der Waals surface area contributed by atoms with Crippen molar-refractivity contribution in [2.75, 3.05) is 30.6 Å². The van der Waals surface area contributed by atoms with Gasteiger partial charge in [0.1, 0.15) is 0 Å². The quantitative estimate of drug-likeness (QED) is 0.908. The molecule has 0 radical (unpaired) electrons. The molecule has 1 aromatic rings. The molecule has 1 fully saturated rings. The molecule has 0 aromatic heterocycles. The summed E-state index contributed by atoms with van der Waals surface area (Å²) in [5, 5.41) is 0. The molecular formula is C15H24N2O2S. The molecule has 1 heterocycles. The molecule has 0 amide bonds. The van der Waals surface area contributed by atoms with Gasteiger partial charge in [0.15, 0.2) is 0 Å². The lowest BCUT2D eigenvalue weighted by molar-refractivity contribution is 0.289. The van der Waals surface area contributed by atoms with Crippen LogP contribution in [0.1, 0.15) is 31.2 Å². The van der Waals surface area contributed by atoms with Gasteiger partial charge in [-0.15, -0.1) is 0 Å². The summed E-state index contributed by atoms with van der Waals surface area (Å²) in [4.78, 5) is 2.54. The molecule has 1 saturated heterocycles. The van der Waals surface area contributed by atoms with Gasteiger partial charge in [-0.25, -0.2) is 8.42 Å². The zero-order chi connectivity index (χ0) is 14.4. The molecule has 4 nitrogen and oxygen atoms in total. The Bertz CT molecular complexity index is 503. The third kappa shape index (κ3) is 5.51. The van der Waals surface area contributed by atoms with Crippen molar-refractivity contribution in [3.63, 3.8) is 0 Å². The summed E-state index contributed by atoms with van der Waals surface area (Å²) < 4.78 is 24.7. The number of sulfonamides is 1. The Morgan fingerprint density at radius 2 is 1.65 bits per heavy atom. The molecule has 1 aliphatic rings. The number of anilines is 1. The molecule has 112 valence electrons. The van der Waals surface area contributed by atoms with Gasteiger partial charge < -0.3 is 4.90 Å². The maximum Gasteiger partial charge on any atom is 0.229 e. The zero-order valence-electron chi connectivity index (χ0n) is 12.1. The van der Waals surface area contributed by atoms with Crippen LogP contribution >= 0.6 is 0 Å². The first-order chi connectivity index (χ1) is 9.53. The lowest BCUT2D eigenvalue weighted by atomic mass is 10.1. The van der Waals surface area contributed by atoms with E-state index in [1.54, 1.807) is 0 Å². The maximum atomic E-state index is 11.1. The number of nitrogens with one attached hydrogen (secondary N) is 1. The van der Waals surface area contributed by atoms with Gasteiger partial charge in [0, 0.05) is 12.2 Å². The van der Waals surface area contributed by atoms with Crippen molar-refractivity contribution in [1.29, 1.82) is 0 Å². The second-order valence-electron chi connectivity index (χ2n) is 5.58. The Kier molecular flexibility index (Phi) is 5.43. The molecule has 0 spiro atoms. The van der Waals surface area contributed by atoms with Gasteiger partial charge in [0.25, 0.3) is 0 Å². The number of rotatable bonds is 5. The van der Waals surface area contributed by atoms with Crippen LogP contribution in [0.3, 0.4) is 0 Å². The first-order valence-corrected chi connectivity index (χ1v) is 9.21. The van der Waals surface area contributed by atoms with Gasteiger partial charge in [-0.1, -0.05) is 25.0 Å². The molecule has 0 unspecified atom stereocenters. The highest BCUT2D eigenvalue weighted by Gasteiger charge is 2.08. The molecule has 0 aliphatic carbocycles. The van der Waals surface area contributed by atoms with Crippen LogP contribution in [0.25, 0.3) is 0 Å². The van der Waals surface area contributed by atoms with E-state index in [-0.39, 0.29) is 0 Å². The summed E-state index contributed by atoms with van der Waals surface area (Å²) >= 11 is 0. The second kappa shape index (κ2) is 7.09. The average molecular weight is 296 g/mol. The molecule has 20 heavy (non-hydrogen) atoms. The van der Waals surface area contributed by atoms with Crippen molar-refractivity contribution in [3.05, 3.63) is 29.8 Å². The normalized spacial score (nSPS) is 17.6. The van der Waals surface area contributed by atoms with Crippen LogP contribution in [0.15, 0.2) is 24.3 Å². The van der Waals surface area contributed by atoms with Crippen molar-refractivity contribution in [1.82, 2.24) is 4.90 Å². The minimum Gasteiger partial charge on any atom is -0.303 e. The number of benzene rings is 1. The van der Waals surface area contributed by atoms with Crippen LogP contribution < -0.4 is 4.72 Å². The van der Waals surface area contributed by atoms with E-state index in [0.29, 0.717) is 5.69 Å². The topological polar surface area (TPSA) is 49.4 Å². The largest absolute Gasteiger partial charge is 0.303 e. The van der Waals surface area contributed by atoms with Crippen molar-refractivity contribution in [3.8, 4) is 0 Å². The third-order valence-corrected chi connectivity index (χ3v) is 4.28. The van der Waals surface area contributed by atoms with Crippen LogP contribution in [0, 0.1) is 0 Å². The van der Waals surface area contributed by atoms with Gasteiger partial charge in [-0.2, -0.15) is 0 Å². The predicted octanol–water partition coefficient (Wildman–Crippen LogP) is 2.48. The molecule has 0 saturated carbocycles. The van der Waals surface area contributed by atoms with Crippen molar-refractivity contribution in [2.45, 2.75) is 32.1 Å². The van der Waals surface area contributed by atoms with E-state index in [0.717, 1.165) is 13.0 Å². The fourth-order valence-electron chi connectivity index (χ4n) is 2.60. The van der Waals surface area contributed by atoms with Gasteiger partial charge in [-0.05, 0) is 50.0 Å². The average Bonchev–Trinajstić information content (AvgIpc) is 2.65. The van der Waals surface area contributed by atoms with Gasteiger partial charge in [-0.3, -0.25) is 4.72 Å². The molecule has 0 bridgehead atoms. The predicted molar refractivity (Wildman–Crippen MR) is 83.5 cm³/mol. The number of hydrogen-bond donors (Lipinski definition) is 1. The Morgan fingerprint density at radius 3 is 2.20 bits per heavy atom. The summed E-state index contributed by atoms with van der Waals surface area (Å²) in [6.07, 6.45) is 7.55. The van der Waals surface area contributed by atoms with Crippen molar-refractivity contribution >= 4 is 15.7 Å². The van der Waals surface area contributed by atoms with Crippen molar-refractivity contribution < 1.29 is 8.42 Å². The highest BCUT2D eigenvalue weighted by atomic mass is 32.2. The zero-order valence-corrected chi connectivity index (χ0v) is 13.0. The lowest BCUT2D eigenvalue weighted by Gasteiger charge is -2.19. The molecule has 1 aromatic carbocycles. The van der Waals surface area contributed by atoms with E-state index in [2.05, 4.69) is 9.62 Å². The van der Waals surface area contributed by atoms with E-state index in [9.17, 15) is 8.42 Å². The van der Waals surface area contributed by atoms with Crippen LogP contribution in [-0.4, -0.2) is 39.2 Å². The first-order valence-electron chi connectivity index (χ1n) is 7.32. The van der Waals surface area contributed by atoms with Crippen molar-refractivity contribution in [2.24, 2.45) is 0 Å².